The van der Waals surface area contributed by atoms with E-state index in [1.165, 1.54) is 31.2 Å². The lowest BCUT2D eigenvalue weighted by atomic mass is 10.0. The first-order valence-corrected chi connectivity index (χ1v) is 11.8. The van der Waals surface area contributed by atoms with Crippen LogP contribution in [0.3, 0.4) is 0 Å². The van der Waals surface area contributed by atoms with E-state index in [4.69, 9.17) is 33.2 Å². The molecule has 0 aromatic heterocycles. The van der Waals surface area contributed by atoms with Gasteiger partial charge in [-0.05, 0) is 12.0 Å². The Kier molecular flexibility index (Phi) is 7.70. The van der Waals surface area contributed by atoms with Gasteiger partial charge >= 0.3 is 6.00 Å². The average Bonchev–Trinajstić information content (AvgIpc) is 2.33. The topological polar surface area (TPSA) is 0 Å². The zero-order valence-corrected chi connectivity index (χ0v) is 14.1. The van der Waals surface area contributed by atoms with E-state index in [1.54, 1.807) is 0 Å². The summed E-state index contributed by atoms with van der Waals surface area (Å²) >= 11 is 18.7. The molecule has 0 heterocycles. The molecule has 1 atom stereocenters. The minimum absolute atomic E-state index is 0.130. The van der Waals surface area contributed by atoms with Crippen molar-refractivity contribution < 1.29 is 0 Å². The summed E-state index contributed by atoms with van der Waals surface area (Å²) in [6.45, 7) is 2.22. The molecular formula is C14H21Cl3Si. The van der Waals surface area contributed by atoms with Crippen LogP contribution in [0, 0.1) is 0 Å². The zero-order chi connectivity index (χ0) is 13.4. The Morgan fingerprint density at radius 1 is 0.944 bits per heavy atom. The van der Waals surface area contributed by atoms with E-state index in [0.29, 0.717) is 0 Å². The molecule has 1 aromatic carbocycles. The Balaban J connectivity index is 2.53. The van der Waals surface area contributed by atoms with Gasteiger partial charge in [0.25, 0.3) is 0 Å². The highest BCUT2D eigenvalue weighted by Crippen LogP contribution is 2.40. The Bertz CT molecular complexity index is 322. The zero-order valence-electron chi connectivity index (χ0n) is 10.8. The maximum Gasteiger partial charge on any atom is 0.348 e. The first-order chi connectivity index (χ1) is 8.55. The van der Waals surface area contributed by atoms with Crippen LogP contribution in [0.15, 0.2) is 30.3 Å². The van der Waals surface area contributed by atoms with Crippen molar-refractivity contribution in [3.63, 3.8) is 0 Å². The first kappa shape index (κ1) is 16.4. The molecule has 0 aliphatic heterocycles. The molecule has 1 rings (SSSR count). The highest BCUT2D eigenvalue weighted by atomic mass is 35.8. The third kappa shape index (κ3) is 5.97. The maximum absolute atomic E-state index is 6.24. The first-order valence-electron chi connectivity index (χ1n) is 6.67. The second-order valence-electron chi connectivity index (χ2n) is 4.71. The number of unbranched alkanes of at least 4 members (excludes halogenated alkanes) is 4. The molecule has 0 saturated heterocycles. The van der Waals surface area contributed by atoms with E-state index in [-0.39, 0.29) is 5.54 Å². The van der Waals surface area contributed by atoms with Crippen LogP contribution in [0.1, 0.15) is 56.6 Å². The fraction of sp³-hybridized carbons (Fsp3) is 0.571. The van der Waals surface area contributed by atoms with Crippen molar-refractivity contribution in [2.75, 3.05) is 0 Å². The molecular weight excluding hydrogens is 303 g/mol. The summed E-state index contributed by atoms with van der Waals surface area (Å²) in [6.07, 6.45) is 7.26. The second-order valence-corrected chi connectivity index (χ2v) is 13.6. The van der Waals surface area contributed by atoms with Crippen LogP contribution in [-0.4, -0.2) is 6.00 Å². The lowest BCUT2D eigenvalue weighted by Gasteiger charge is -2.22. The molecule has 1 aromatic rings. The van der Waals surface area contributed by atoms with Gasteiger partial charge in [-0.1, -0.05) is 69.4 Å². The molecule has 0 saturated carbocycles. The summed E-state index contributed by atoms with van der Waals surface area (Å²) in [5, 5.41) is 0. The van der Waals surface area contributed by atoms with Gasteiger partial charge in [-0.3, -0.25) is 0 Å². The fourth-order valence-electron chi connectivity index (χ4n) is 2.16. The largest absolute Gasteiger partial charge is 0.348 e. The molecule has 4 heteroatoms. The van der Waals surface area contributed by atoms with Gasteiger partial charge in [-0.15, -0.1) is 33.2 Å². The minimum atomic E-state index is -2.68. The van der Waals surface area contributed by atoms with Gasteiger partial charge in [0.05, 0.1) is 0 Å². The van der Waals surface area contributed by atoms with E-state index in [2.05, 4.69) is 19.1 Å². The number of hydrogen-bond donors (Lipinski definition) is 0. The van der Waals surface area contributed by atoms with Gasteiger partial charge in [-0.25, -0.2) is 0 Å². The van der Waals surface area contributed by atoms with Gasteiger partial charge in [0.2, 0.25) is 0 Å². The fourth-order valence-corrected chi connectivity index (χ4v) is 5.37. The summed E-state index contributed by atoms with van der Waals surface area (Å²) in [6, 6.07) is 7.51. The second kappa shape index (κ2) is 8.47. The number of halogens is 3. The highest BCUT2D eigenvalue weighted by molar-refractivity contribution is 7.65. The Morgan fingerprint density at radius 3 is 2.11 bits per heavy atom. The SMILES string of the molecule is CCCCCCCC(c1ccccc1)[Si](Cl)(Cl)Cl. The van der Waals surface area contributed by atoms with Crippen LogP contribution >= 0.6 is 33.2 Å². The molecule has 0 amide bonds. The van der Waals surface area contributed by atoms with E-state index >= 15 is 0 Å². The molecule has 0 fully saturated rings. The Labute approximate surface area is 126 Å². The number of rotatable bonds is 8. The maximum atomic E-state index is 6.24. The number of hydrogen-bond acceptors (Lipinski definition) is 0. The molecule has 0 nitrogen and oxygen atoms in total. The third-order valence-corrected chi connectivity index (χ3v) is 6.98. The number of benzene rings is 1. The molecule has 0 radical (unpaired) electrons. The summed E-state index contributed by atoms with van der Waals surface area (Å²) in [5.41, 5.74) is 1.31. The Morgan fingerprint density at radius 2 is 1.56 bits per heavy atom. The Hall–Kier alpha value is 0.307. The predicted molar refractivity (Wildman–Crippen MR) is 85.9 cm³/mol. The summed E-state index contributed by atoms with van der Waals surface area (Å²) in [5.74, 6) is 0. The van der Waals surface area contributed by atoms with Gasteiger partial charge in [0, 0.05) is 5.54 Å². The monoisotopic (exact) mass is 322 g/mol. The van der Waals surface area contributed by atoms with Crippen molar-refractivity contribution in [1.29, 1.82) is 0 Å². The van der Waals surface area contributed by atoms with Crippen LogP contribution in [-0.2, 0) is 0 Å². The summed E-state index contributed by atoms with van der Waals surface area (Å²) < 4.78 is 0. The average molecular weight is 324 g/mol. The van der Waals surface area contributed by atoms with Crippen molar-refractivity contribution in [1.82, 2.24) is 0 Å². The van der Waals surface area contributed by atoms with Gasteiger partial charge in [0.15, 0.2) is 0 Å². The highest BCUT2D eigenvalue weighted by Gasteiger charge is 2.37. The van der Waals surface area contributed by atoms with Gasteiger partial charge in [-0.2, -0.15) is 0 Å². The van der Waals surface area contributed by atoms with Gasteiger partial charge < -0.3 is 0 Å². The van der Waals surface area contributed by atoms with Crippen LogP contribution in [0.4, 0.5) is 0 Å². The van der Waals surface area contributed by atoms with E-state index in [1.807, 2.05) is 18.2 Å². The van der Waals surface area contributed by atoms with Gasteiger partial charge in [0.1, 0.15) is 0 Å². The van der Waals surface area contributed by atoms with E-state index in [0.717, 1.165) is 12.8 Å². The van der Waals surface area contributed by atoms with Crippen molar-refractivity contribution in [3.05, 3.63) is 35.9 Å². The molecule has 0 aliphatic carbocycles. The van der Waals surface area contributed by atoms with Crippen LogP contribution in [0.25, 0.3) is 0 Å². The molecule has 102 valence electrons. The molecule has 0 N–H and O–H groups in total. The predicted octanol–water partition coefficient (Wildman–Crippen LogP) is 6.33. The van der Waals surface area contributed by atoms with Crippen molar-refractivity contribution in [2.24, 2.45) is 0 Å². The molecule has 1 unspecified atom stereocenters. The third-order valence-electron chi connectivity index (χ3n) is 3.19. The lowest BCUT2D eigenvalue weighted by Crippen LogP contribution is -2.23. The molecule has 18 heavy (non-hydrogen) atoms. The van der Waals surface area contributed by atoms with Crippen LogP contribution in [0.2, 0.25) is 0 Å². The van der Waals surface area contributed by atoms with E-state index < -0.39 is 6.00 Å². The van der Waals surface area contributed by atoms with E-state index in [9.17, 15) is 0 Å². The lowest BCUT2D eigenvalue weighted by molar-refractivity contribution is 0.599. The molecule has 0 bridgehead atoms. The normalized spacial score (nSPS) is 13.6. The van der Waals surface area contributed by atoms with Crippen molar-refractivity contribution in [2.45, 2.75) is 51.0 Å². The van der Waals surface area contributed by atoms with Crippen LogP contribution < -0.4 is 0 Å². The van der Waals surface area contributed by atoms with Crippen molar-refractivity contribution >= 4 is 39.2 Å². The summed E-state index contributed by atoms with van der Waals surface area (Å²) in [7, 11) is 0. The minimum Gasteiger partial charge on any atom is -0.125 e. The molecule has 0 aliphatic rings. The standard InChI is InChI=1S/C14H21Cl3Si/c1-2-3-4-5-9-12-14(18(15,16)17)13-10-7-6-8-11-13/h6-8,10-11,14H,2-5,9,12H2,1H3. The van der Waals surface area contributed by atoms with Crippen molar-refractivity contribution in [3.8, 4) is 0 Å². The van der Waals surface area contributed by atoms with Crippen LogP contribution in [0.5, 0.6) is 0 Å². The summed E-state index contributed by atoms with van der Waals surface area (Å²) in [4.78, 5) is 0. The molecule has 0 spiro atoms. The smallest absolute Gasteiger partial charge is 0.125 e. The quantitative estimate of drug-likeness (QED) is 0.298.